The molecule has 1 saturated heterocycles. The van der Waals surface area contributed by atoms with Gasteiger partial charge >= 0.3 is 0 Å². The van der Waals surface area contributed by atoms with Gasteiger partial charge in [0.15, 0.2) is 13.1 Å². The first-order valence-corrected chi connectivity index (χ1v) is 5.93. The average molecular weight is 256 g/mol. The van der Waals surface area contributed by atoms with Gasteiger partial charge in [0, 0.05) is 11.1 Å². The summed E-state index contributed by atoms with van der Waals surface area (Å²) in [4.78, 5) is 21.0. The van der Waals surface area contributed by atoms with Gasteiger partial charge in [-0.1, -0.05) is 48.5 Å². The molecule has 0 N–H and O–H groups in total. The third kappa shape index (κ3) is 2.29. The number of hydrogen-bond acceptors (Lipinski definition) is 4. The van der Waals surface area contributed by atoms with Crippen molar-refractivity contribution >= 4 is 6.29 Å². The van der Waals surface area contributed by atoms with E-state index in [0.29, 0.717) is 5.56 Å². The number of carbonyl (C=O) groups excluding carboxylic acids is 1. The van der Waals surface area contributed by atoms with Gasteiger partial charge in [-0.3, -0.25) is 4.79 Å². The van der Waals surface area contributed by atoms with Crippen LogP contribution in [-0.4, -0.2) is 13.1 Å². The molecule has 0 amide bonds. The fourth-order valence-electron chi connectivity index (χ4n) is 2.14. The van der Waals surface area contributed by atoms with Crippen molar-refractivity contribution in [2.75, 3.05) is 6.79 Å². The number of aldehydes is 1. The third-order valence-electron chi connectivity index (χ3n) is 3.02. The van der Waals surface area contributed by atoms with Crippen LogP contribution in [0.4, 0.5) is 0 Å². The molecule has 0 aromatic heterocycles. The monoisotopic (exact) mass is 256 g/mol. The number of ether oxygens (including phenoxy) is 1. The Bertz CT molecular complexity index is 588. The summed E-state index contributed by atoms with van der Waals surface area (Å²) in [5.41, 5.74) is 3.23. The van der Waals surface area contributed by atoms with Crippen molar-refractivity contribution in [3.05, 3.63) is 59.7 Å². The molecule has 2 aromatic carbocycles. The van der Waals surface area contributed by atoms with Crippen molar-refractivity contribution in [3.8, 4) is 11.1 Å². The van der Waals surface area contributed by atoms with Crippen LogP contribution in [-0.2, 0) is 14.5 Å². The lowest BCUT2D eigenvalue weighted by atomic mass is 9.95. The largest absolute Gasteiger partial charge is 0.316 e. The molecule has 3 rings (SSSR count). The standard InChI is InChI=1S/C15H12O4/c16-9-11-5-1-2-6-12(11)13-7-3-4-8-14(13)15-17-10-18-19-15/h1-9,15H,10H2. The van der Waals surface area contributed by atoms with Crippen LogP contribution in [0.25, 0.3) is 11.1 Å². The van der Waals surface area contributed by atoms with Crippen LogP contribution in [0, 0.1) is 0 Å². The Kier molecular flexibility index (Phi) is 3.37. The second kappa shape index (κ2) is 5.32. The zero-order valence-electron chi connectivity index (χ0n) is 10.1. The summed E-state index contributed by atoms with van der Waals surface area (Å²) in [6.07, 6.45) is 0.287. The fraction of sp³-hybridized carbons (Fsp3) is 0.133. The molecule has 1 atom stereocenters. The van der Waals surface area contributed by atoms with Gasteiger partial charge in [0.25, 0.3) is 0 Å². The summed E-state index contributed by atoms with van der Waals surface area (Å²) in [5.74, 6) is 0. The molecule has 1 fully saturated rings. The third-order valence-corrected chi connectivity index (χ3v) is 3.02. The number of rotatable bonds is 3. The van der Waals surface area contributed by atoms with Crippen LogP contribution in [0.2, 0.25) is 0 Å². The quantitative estimate of drug-likeness (QED) is 0.625. The first kappa shape index (κ1) is 12.0. The predicted molar refractivity (Wildman–Crippen MR) is 68.1 cm³/mol. The van der Waals surface area contributed by atoms with E-state index in [2.05, 4.69) is 0 Å². The summed E-state index contributed by atoms with van der Waals surface area (Å²) in [6, 6.07) is 15.1. The fourth-order valence-corrected chi connectivity index (χ4v) is 2.14. The maximum atomic E-state index is 11.1. The predicted octanol–water partition coefficient (Wildman–Crippen LogP) is 3.10. The van der Waals surface area contributed by atoms with Gasteiger partial charge in [0.2, 0.25) is 6.29 Å². The summed E-state index contributed by atoms with van der Waals surface area (Å²) in [7, 11) is 0. The van der Waals surface area contributed by atoms with Crippen LogP contribution >= 0.6 is 0 Å². The van der Waals surface area contributed by atoms with Crippen LogP contribution in [0.1, 0.15) is 22.2 Å². The second-order valence-electron chi connectivity index (χ2n) is 4.12. The molecule has 0 saturated carbocycles. The lowest BCUT2D eigenvalue weighted by Crippen LogP contribution is -2.01. The van der Waals surface area contributed by atoms with Crippen molar-refractivity contribution in [1.29, 1.82) is 0 Å². The van der Waals surface area contributed by atoms with E-state index in [-0.39, 0.29) is 6.79 Å². The Morgan fingerprint density at radius 2 is 1.74 bits per heavy atom. The minimum Gasteiger partial charge on any atom is -0.316 e. The average Bonchev–Trinajstić information content (AvgIpc) is 3.01. The van der Waals surface area contributed by atoms with E-state index in [1.165, 1.54) is 0 Å². The Balaban J connectivity index is 2.11. The van der Waals surface area contributed by atoms with Gasteiger partial charge in [-0.15, -0.1) is 0 Å². The van der Waals surface area contributed by atoms with E-state index in [9.17, 15) is 4.79 Å². The molecule has 96 valence electrons. The van der Waals surface area contributed by atoms with Gasteiger partial charge < -0.3 is 4.74 Å². The summed E-state index contributed by atoms with van der Waals surface area (Å²) in [6.45, 7) is 0.105. The summed E-state index contributed by atoms with van der Waals surface area (Å²) in [5, 5.41) is 0. The second-order valence-corrected chi connectivity index (χ2v) is 4.12. The van der Waals surface area contributed by atoms with E-state index in [1.807, 2.05) is 42.5 Å². The molecule has 19 heavy (non-hydrogen) atoms. The lowest BCUT2D eigenvalue weighted by Gasteiger charge is -2.14. The maximum absolute atomic E-state index is 11.1. The molecule has 0 aliphatic carbocycles. The van der Waals surface area contributed by atoms with Gasteiger partial charge in [-0.05, 0) is 11.1 Å². The molecule has 1 heterocycles. The minimum absolute atomic E-state index is 0.105. The minimum atomic E-state index is -0.559. The van der Waals surface area contributed by atoms with E-state index in [4.69, 9.17) is 14.5 Å². The van der Waals surface area contributed by atoms with Crippen molar-refractivity contribution < 1.29 is 19.3 Å². The molecule has 0 bridgehead atoms. The SMILES string of the molecule is O=Cc1ccccc1-c1ccccc1C1OCOO1. The van der Waals surface area contributed by atoms with Crippen molar-refractivity contribution in [2.45, 2.75) is 6.29 Å². The van der Waals surface area contributed by atoms with Crippen LogP contribution in [0.5, 0.6) is 0 Å². The Morgan fingerprint density at radius 1 is 1.00 bits per heavy atom. The molecule has 4 heteroatoms. The lowest BCUT2D eigenvalue weighted by molar-refractivity contribution is -0.279. The van der Waals surface area contributed by atoms with Crippen LogP contribution in [0.3, 0.4) is 0 Å². The van der Waals surface area contributed by atoms with Crippen LogP contribution < -0.4 is 0 Å². The van der Waals surface area contributed by atoms with Crippen molar-refractivity contribution in [1.82, 2.24) is 0 Å². The van der Waals surface area contributed by atoms with Crippen molar-refractivity contribution in [2.24, 2.45) is 0 Å². The molecular weight excluding hydrogens is 244 g/mol. The van der Waals surface area contributed by atoms with Crippen molar-refractivity contribution in [3.63, 3.8) is 0 Å². The number of hydrogen-bond donors (Lipinski definition) is 0. The first-order valence-electron chi connectivity index (χ1n) is 5.93. The smallest absolute Gasteiger partial charge is 0.220 e. The van der Waals surface area contributed by atoms with Gasteiger partial charge in [-0.25, -0.2) is 4.89 Å². The number of benzene rings is 2. The highest BCUT2D eigenvalue weighted by Crippen LogP contribution is 2.34. The normalized spacial score (nSPS) is 18.4. The summed E-state index contributed by atoms with van der Waals surface area (Å²) >= 11 is 0. The maximum Gasteiger partial charge on any atom is 0.220 e. The Labute approximate surface area is 110 Å². The molecule has 0 radical (unpaired) electrons. The topological polar surface area (TPSA) is 44.8 Å². The Hall–Kier alpha value is -2.01. The molecule has 0 spiro atoms. The van der Waals surface area contributed by atoms with E-state index in [1.54, 1.807) is 6.07 Å². The summed E-state index contributed by atoms with van der Waals surface area (Å²) < 4.78 is 5.34. The molecule has 1 aliphatic heterocycles. The van der Waals surface area contributed by atoms with Gasteiger partial charge in [-0.2, -0.15) is 4.89 Å². The van der Waals surface area contributed by atoms with E-state index in [0.717, 1.165) is 23.0 Å². The van der Waals surface area contributed by atoms with Gasteiger partial charge in [0.1, 0.15) is 0 Å². The highest BCUT2D eigenvalue weighted by molar-refractivity contribution is 5.88. The molecule has 1 aliphatic rings. The Morgan fingerprint density at radius 3 is 2.47 bits per heavy atom. The van der Waals surface area contributed by atoms with Gasteiger partial charge in [0.05, 0.1) is 0 Å². The molecule has 1 unspecified atom stereocenters. The first-order chi connectivity index (χ1) is 9.40. The zero-order valence-corrected chi connectivity index (χ0v) is 10.1. The molecule has 4 nitrogen and oxygen atoms in total. The highest BCUT2D eigenvalue weighted by atomic mass is 17.3. The molecular formula is C15H12O4. The van der Waals surface area contributed by atoms with E-state index >= 15 is 0 Å². The molecule has 2 aromatic rings. The highest BCUT2D eigenvalue weighted by Gasteiger charge is 2.23. The van der Waals surface area contributed by atoms with E-state index < -0.39 is 6.29 Å². The number of carbonyl (C=O) groups is 1. The zero-order chi connectivity index (χ0) is 13.1. The van der Waals surface area contributed by atoms with Crippen LogP contribution in [0.15, 0.2) is 48.5 Å².